The number of aliphatic carboxylic acids is 1. The molecular formula is C20H19F3O2. The van der Waals surface area contributed by atoms with Gasteiger partial charge in [0.05, 0.1) is 11.5 Å². The van der Waals surface area contributed by atoms with Gasteiger partial charge < -0.3 is 5.11 Å². The van der Waals surface area contributed by atoms with Crippen LogP contribution in [0.15, 0.2) is 54.6 Å². The fourth-order valence-electron chi connectivity index (χ4n) is 2.86. The predicted octanol–water partition coefficient (Wildman–Crippen LogP) is 5.54. The SMILES string of the molecule is CCc1c(C(C/C=C/c2ccccc2)C(=O)O)cccc1C(F)(F)F. The lowest BCUT2D eigenvalue weighted by molar-refractivity contribution is -0.140. The van der Waals surface area contributed by atoms with E-state index in [1.54, 1.807) is 19.1 Å². The van der Waals surface area contributed by atoms with Crippen LogP contribution in [0.3, 0.4) is 0 Å². The average Bonchev–Trinajstić information content (AvgIpc) is 2.58. The molecule has 0 aliphatic carbocycles. The molecule has 2 aromatic rings. The van der Waals surface area contributed by atoms with Crippen LogP contribution in [0.1, 0.15) is 41.5 Å². The molecule has 0 saturated carbocycles. The van der Waals surface area contributed by atoms with E-state index < -0.39 is 23.6 Å². The van der Waals surface area contributed by atoms with Crippen molar-refractivity contribution in [2.75, 3.05) is 0 Å². The summed E-state index contributed by atoms with van der Waals surface area (Å²) in [6.45, 7) is 1.60. The van der Waals surface area contributed by atoms with E-state index in [9.17, 15) is 23.1 Å². The number of allylic oxidation sites excluding steroid dienone is 1. The third-order valence-electron chi connectivity index (χ3n) is 4.03. The molecule has 0 spiro atoms. The van der Waals surface area contributed by atoms with Crippen LogP contribution < -0.4 is 0 Å². The molecule has 0 bridgehead atoms. The zero-order chi connectivity index (χ0) is 18.4. The molecule has 0 aliphatic rings. The monoisotopic (exact) mass is 348 g/mol. The Morgan fingerprint density at radius 3 is 2.36 bits per heavy atom. The van der Waals surface area contributed by atoms with E-state index in [4.69, 9.17) is 0 Å². The van der Waals surface area contributed by atoms with Crippen LogP contribution in [-0.2, 0) is 17.4 Å². The molecule has 1 unspecified atom stereocenters. The molecule has 25 heavy (non-hydrogen) atoms. The highest BCUT2D eigenvalue weighted by molar-refractivity contribution is 5.77. The molecule has 0 aromatic heterocycles. The lowest BCUT2D eigenvalue weighted by Crippen LogP contribution is -2.17. The number of rotatable bonds is 6. The lowest BCUT2D eigenvalue weighted by Gasteiger charge is -2.19. The third-order valence-corrected chi connectivity index (χ3v) is 4.03. The molecule has 0 amide bonds. The zero-order valence-electron chi connectivity index (χ0n) is 13.8. The zero-order valence-corrected chi connectivity index (χ0v) is 13.8. The van der Waals surface area contributed by atoms with Gasteiger partial charge in [-0.15, -0.1) is 0 Å². The summed E-state index contributed by atoms with van der Waals surface area (Å²) >= 11 is 0. The summed E-state index contributed by atoms with van der Waals surface area (Å²) in [6.07, 6.45) is -0.789. The molecular weight excluding hydrogens is 329 g/mol. The van der Waals surface area contributed by atoms with Crippen molar-refractivity contribution in [3.63, 3.8) is 0 Å². The van der Waals surface area contributed by atoms with Crippen molar-refractivity contribution in [1.82, 2.24) is 0 Å². The molecule has 0 heterocycles. The first-order chi connectivity index (χ1) is 11.8. The summed E-state index contributed by atoms with van der Waals surface area (Å²) in [7, 11) is 0. The van der Waals surface area contributed by atoms with E-state index in [1.165, 1.54) is 12.1 Å². The van der Waals surface area contributed by atoms with E-state index in [0.717, 1.165) is 11.6 Å². The fraction of sp³-hybridized carbons (Fsp3) is 0.250. The summed E-state index contributed by atoms with van der Waals surface area (Å²) in [5.74, 6) is -2.15. The Hall–Kier alpha value is -2.56. The van der Waals surface area contributed by atoms with Gasteiger partial charge in [-0.05, 0) is 35.6 Å². The molecule has 1 N–H and O–H groups in total. The van der Waals surface area contributed by atoms with Crippen molar-refractivity contribution in [2.24, 2.45) is 0 Å². The van der Waals surface area contributed by atoms with Crippen LogP contribution in [0, 0.1) is 0 Å². The summed E-state index contributed by atoms with van der Waals surface area (Å²) < 4.78 is 39.6. The Balaban J connectivity index is 2.34. The Bertz CT molecular complexity index is 749. The highest BCUT2D eigenvalue weighted by Gasteiger charge is 2.35. The normalized spacial score (nSPS) is 13.1. The molecule has 0 fully saturated rings. The van der Waals surface area contributed by atoms with E-state index >= 15 is 0 Å². The van der Waals surface area contributed by atoms with Crippen molar-refractivity contribution >= 4 is 12.0 Å². The standard InChI is InChI=1S/C20H19F3O2/c1-2-15-16(11-7-13-18(15)20(21,22)23)17(19(24)25)12-6-10-14-8-4-3-5-9-14/h3-11,13,17H,2,12H2,1H3,(H,24,25)/b10-6+. The van der Waals surface area contributed by atoms with Gasteiger partial charge in [0.1, 0.15) is 0 Å². The van der Waals surface area contributed by atoms with Gasteiger partial charge in [-0.2, -0.15) is 13.2 Å². The predicted molar refractivity (Wildman–Crippen MR) is 91.3 cm³/mol. The van der Waals surface area contributed by atoms with E-state index in [0.29, 0.717) is 0 Å². The summed E-state index contributed by atoms with van der Waals surface area (Å²) in [4.78, 5) is 11.7. The molecule has 0 radical (unpaired) electrons. The van der Waals surface area contributed by atoms with Crippen molar-refractivity contribution in [3.8, 4) is 0 Å². The van der Waals surface area contributed by atoms with Gasteiger partial charge >= 0.3 is 12.1 Å². The van der Waals surface area contributed by atoms with E-state index in [1.807, 2.05) is 30.3 Å². The van der Waals surface area contributed by atoms with Gasteiger partial charge in [0, 0.05) is 0 Å². The molecule has 2 aromatic carbocycles. The molecule has 2 rings (SSSR count). The number of hydrogen-bond donors (Lipinski definition) is 1. The summed E-state index contributed by atoms with van der Waals surface area (Å²) in [5, 5.41) is 9.52. The highest BCUT2D eigenvalue weighted by Crippen LogP contribution is 2.36. The van der Waals surface area contributed by atoms with Gasteiger partial charge in [-0.25, -0.2) is 0 Å². The van der Waals surface area contributed by atoms with Crippen LogP contribution >= 0.6 is 0 Å². The third kappa shape index (κ3) is 4.72. The minimum Gasteiger partial charge on any atom is -0.481 e. The number of carboxylic acids is 1. The second kappa shape index (κ2) is 8.01. The first-order valence-corrected chi connectivity index (χ1v) is 7.98. The Labute approximate surface area is 144 Å². The fourth-order valence-corrected chi connectivity index (χ4v) is 2.86. The van der Waals surface area contributed by atoms with Crippen molar-refractivity contribution in [2.45, 2.75) is 31.9 Å². The molecule has 2 nitrogen and oxygen atoms in total. The maximum atomic E-state index is 13.2. The number of hydrogen-bond acceptors (Lipinski definition) is 1. The van der Waals surface area contributed by atoms with E-state index in [2.05, 4.69) is 0 Å². The molecule has 0 aliphatic heterocycles. The van der Waals surface area contributed by atoms with Crippen LogP contribution in [0.4, 0.5) is 13.2 Å². The molecule has 5 heteroatoms. The van der Waals surface area contributed by atoms with Gasteiger partial charge in [0.15, 0.2) is 0 Å². The maximum Gasteiger partial charge on any atom is 0.416 e. The number of carboxylic acid groups (broad SMARTS) is 1. The lowest BCUT2D eigenvalue weighted by atomic mass is 9.87. The Morgan fingerprint density at radius 2 is 1.80 bits per heavy atom. The van der Waals surface area contributed by atoms with Crippen LogP contribution in [0.25, 0.3) is 6.08 Å². The largest absolute Gasteiger partial charge is 0.481 e. The summed E-state index contributed by atoms with van der Waals surface area (Å²) in [6, 6.07) is 13.1. The minimum absolute atomic E-state index is 0.0514. The van der Waals surface area contributed by atoms with Gasteiger partial charge in [0.25, 0.3) is 0 Å². The average molecular weight is 348 g/mol. The first-order valence-electron chi connectivity index (χ1n) is 7.98. The van der Waals surface area contributed by atoms with E-state index in [-0.39, 0.29) is 24.0 Å². The van der Waals surface area contributed by atoms with Crippen LogP contribution in [0.2, 0.25) is 0 Å². The number of alkyl halides is 3. The first kappa shape index (κ1) is 18.8. The summed E-state index contributed by atoms with van der Waals surface area (Å²) in [5.41, 5.74) is 0.426. The van der Waals surface area contributed by atoms with Crippen molar-refractivity contribution < 1.29 is 23.1 Å². The number of benzene rings is 2. The second-order valence-corrected chi connectivity index (χ2v) is 5.66. The number of halogens is 3. The quantitative estimate of drug-likeness (QED) is 0.744. The van der Waals surface area contributed by atoms with Gasteiger partial charge in [0.2, 0.25) is 0 Å². The van der Waals surface area contributed by atoms with Crippen molar-refractivity contribution in [3.05, 3.63) is 76.9 Å². The van der Waals surface area contributed by atoms with Crippen LogP contribution in [-0.4, -0.2) is 11.1 Å². The van der Waals surface area contributed by atoms with Gasteiger partial charge in [-0.3, -0.25) is 4.79 Å². The van der Waals surface area contributed by atoms with Gasteiger partial charge in [-0.1, -0.05) is 61.5 Å². The Morgan fingerprint density at radius 1 is 1.12 bits per heavy atom. The van der Waals surface area contributed by atoms with Crippen molar-refractivity contribution in [1.29, 1.82) is 0 Å². The molecule has 0 saturated heterocycles. The maximum absolute atomic E-state index is 13.2. The smallest absolute Gasteiger partial charge is 0.416 e. The Kier molecular flexibility index (Phi) is 6.02. The minimum atomic E-state index is -4.50. The molecule has 132 valence electrons. The number of carbonyl (C=O) groups is 1. The second-order valence-electron chi connectivity index (χ2n) is 5.66. The highest BCUT2D eigenvalue weighted by atomic mass is 19.4. The topological polar surface area (TPSA) is 37.3 Å². The molecule has 1 atom stereocenters. The van der Waals surface area contributed by atoms with Crippen LogP contribution in [0.5, 0.6) is 0 Å².